The van der Waals surface area contributed by atoms with E-state index in [9.17, 15) is 14.4 Å². The summed E-state index contributed by atoms with van der Waals surface area (Å²) in [5, 5.41) is 10.2. The van der Waals surface area contributed by atoms with Crippen molar-refractivity contribution < 1.29 is 14.4 Å². The highest BCUT2D eigenvalue weighted by atomic mass is 16.2. The maximum atomic E-state index is 14.0. The van der Waals surface area contributed by atoms with Crippen molar-refractivity contribution in [3.63, 3.8) is 0 Å². The molecule has 0 bridgehead atoms. The maximum Gasteiger partial charge on any atom is 0.317 e. The average Bonchev–Trinajstić information content (AvgIpc) is 3.99. The van der Waals surface area contributed by atoms with E-state index >= 15 is 0 Å². The topological polar surface area (TPSA) is 93.8 Å². The van der Waals surface area contributed by atoms with Gasteiger partial charge in [0.25, 0.3) is 0 Å². The quantitative estimate of drug-likeness (QED) is 0.366. The van der Waals surface area contributed by atoms with Crippen molar-refractivity contribution in [3.8, 4) is 0 Å². The van der Waals surface area contributed by atoms with Crippen LogP contribution in [0, 0.1) is 17.3 Å². The third-order valence-electron chi connectivity index (χ3n) is 11.1. The molecule has 43 heavy (non-hydrogen) atoms. The predicted octanol–water partition coefficient (Wildman–Crippen LogP) is 4.76. The molecule has 2 aliphatic heterocycles. The molecule has 236 valence electrons. The van der Waals surface area contributed by atoms with E-state index in [4.69, 9.17) is 0 Å². The highest BCUT2D eigenvalue weighted by molar-refractivity contribution is 5.85. The van der Waals surface area contributed by atoms with Crippen LogP contribution in [0.2, 0.25) is 0 Å². The molecule has 8 nitrogen and oxygen atoms in total. The predicted molar refractivity (Wildman–Crippen MR) is 168 cm³/mol. The van der Waals surface area contributed by atoms with Gasteiger partial charge in [-0.05, 0) is 80.2 Å². The number of hydrogen-bond acceptors (Lipinski definition) is 4. The van der Waals surface area contributed by atoms with E-state index in [0.717, 1.165) is 57.2 Å². The minimum absolute atomic E-state index is 0.0567. The summed E-state index contributed by atoms with van der Waals surface area (Å²) in [6, 6.07) is 8.24. The van der Waals surface area contributed by atoms with Gasteiger partial charge in [0, 0.05) is 44.8 Å². The monoisotopic (exact) mass is 591 g/mol. The molecule has 0 unspecified atom stereocenters. The Labute approximate surface area is 258 Å². The molecular weight excluding hydrogens is 538 g/mol. The van der Waals surface area contributed by atoms with Gasteiger partial charge < -0.3 is 25.8 Å². The number of hydrogen-bond donors (Lipinski definition) is 3. The molecule has 3 N–H and O–H groups in total. The van der Waals surface area contributed by atoms with Gasteiger partial charge in [-0.15, -0.1) is 0 Å². The van der Waals surface area contributed by atoms with Crippen molar-refractivity contribution in [1.29, 1.82) is 0 Å². The van der Waals surface area contributed by atoms with Crippen LogP contribution in [-0.4, -0.2) is 71.9 Å². The zero-order valence-electron chi connectivity index (χ0n) is 26.3. The summed E-state index contributed by atoms with van der Waals surface area (Å²) in [6.07, 6.45) is 15.7. The number of aryl methyl sites for hydroxylation is 1. The molecule has 1 aromatic carbocycles. The van der Waals surface area contributed by atoms with E-state index in [2.05, 4.69) is 47.1 Å². The van der Waals surface area contributed by atoms with Crippen LogP contribution in [-0.2, 0) is 22.6 Å². The fourth-order valence-electron chi connectivity index (χ4n) is 7.62. The molecule has 3 aliphatic carbocycles. The minimum Gasteiger partial charge on any atom is -0.352 e. The van der Waals surface area contributed by atoms with Gasteiger partial charge in [-0.1, -0.05) is 63.3 Å². The fourth-order valence-corrected chi connectivity index (χ4v) is 7.62. The van der Waals surface area contributed by atoms with E-state index in [0.29, 0.717) is 43.4 Å². The summed E-state index contributed by atoms with van der Waals surface area (Å²) in [4.78, 5) is 45.0. The largest absolute Gasteiger partial charge is 0.352 e. The average molecular weight is 592 g/mol. The first-order valence-electron chi connectivity index (χ1n) is 17.4. The summed E-state index contributed by atoms with van der Waals surface area (Å²) < 4.78 is 0. The Morgan fingerprint density at radius 1 is 0.860 bits per heavy atom. The molecule has 0 radical (unpaired) electrons. The van der Waals surface area contributed by atoms with Crippen LogP contribution in [0.4, 0.5) is 4.79 Å². The number of nitrogens with one attached hydrogen (secondary N) is 3. The minimum atomic E-state index is -0.479. The number of nitrogens with zero attached hydrogens (tertiary/aromatic N) is 2. The van der Waals surface area contributed by atoms with Gasteiger partial charge in [0.1, 0.15) is 0 Å². The normalized spacial score (nSPS) is 26.2. The molecule has 4 amide bonds. The van der Waals surface area contributed by atoms with Gasteiger partial charge in [0.05, 0.1) is 12.0 Å². The van der Waals surface area contributed by atoms with E-state index < -0.39 is 5.92 Å². The van der Waals surface area contributed by atoms with E-state index in [1.807, 2.05) is 9.80 Å². The lowest BCUT2D eigenvalue weighted by atomic mass is 9.89. The standard InChI is InChI=1S/C35H53N5O3/c1-2-25-8-12-27(13-9-25)23-36-32(41)29-24-40(33(42)31(22-26-10-11-26)37-28-6-4-3-5-7-28)19-14-30(29)38-34(43)39-20-17-35(15-16-35)18-21-39/h8-9,12-13,26,28-31,37H,2-7,10-11,14-24H2,1H3,(H,36,41)(H,38,43)/t29-,30+,31+/m0/s1. The first-order valence-corrected chi connectivity index (χ1v) is 17.4. The Morgan fingerprint density at radius 3 is 2.21 bits per heavy atom. The van der Waals surface area contributed by atoms with Gasteiger partial charge in [-0.3, -0.25) is 9.59 Å². The van der Waals surface area contributed by atoms with Gasteiger partial charge in [-0.25, -0.2) is 4.79 Å². The summed E-state index contributed by atoms with van der Waals surface area (Å²) in [5.41, 5.74) is 2.83. The zero-order valence-corrected chi connectivity index (χ0v) is 26.3. The number of carbonyl (C=O) groups excluding carboxylic acids is 3. The Bertz CT molecular complexity index is 1110. The van der Waals surface area contributed by atoms with Crippen molar-refractivity contribution in [1.82, 2.24) is 25.8 Å². The Balaban J connectivity index is 1.11. The van der Waals surface area contributed by atoms with E-state index in [1.165, 1.54) is 50.5 Å². The number of benzene rings is 1. The Hall–Kier alpha value is -2.61. The van der Waals surface area contributed by atoms with Crippen LogP contribution in [0.5, 0.6) is 0 Å². The van der Waals surface area contributed by atoms with Crippen LogP contribution in [0.25, 0.3) is 0 Å². The first kappa shape index (κ1) is 30.4. The highest BCUT2D eigenvalue weighted by Crippen LogP contribution is 2.53. The maximum absolute atomic E-state index is 14.0. The number of carbonyl (C=O) groups is 3. The molecular formula is C35H53N5O3. The molecule has 1 aromatic rings. The van der Waals surface area contributed by atoms with Gasteiger partial charge >= 0.3 is 6.03 Å². The molecule has 6 rings (SSSR count). The fraction of sp³-hybridized carbons (Fsp3) is 0.743. The van der Waals surface area contributed by atoms with Crippen LogP contribution in [0.15, 0.2) is 24.3 Å². The lowest BCUT2D eigenvalue weighted by Gasteiger charge is -2.41. The lowest BCUT2D eigenvalue weighted by molar-refractivity contribution is -0.138. The molecule has 2 saturated heterocycles. The van der Waals surface area contributed by atoms with Crippen LogP contribution < -0.4 is 16.0 Å². The van der Waals surface area contributed by atoms with Crippen LogP contribution in [0.1, 0.15) is 102 Å². The smallest absolute Gasteiger partial charge is 0.317 e. The molecule has 8 heteroatoms. The molecule has 5 aliphatic rings. The lowest BCUT2D eigenvalue weighted by Crippen LogP contribution is -2.61. The second kappa shape index (κ2) is 13.6. The third kappa shape index (κ3) is 7.92. The number of likely N-dealkylation sites (tertiary alicyclic amines) is 2. The summed E-state index contributed by atoms with van der Waals surface area (Å²) in [7, 11) is 0. The van der Waals surface area contributed by atoms with Crippen LogP contribution in [0.3, 0.4) is 0 Å². The SMILES string of the molecule is CCc1ccc(CNC(=O)[C@H]2CN(C(=O)[C@@H](CC3CC3)NC3CCCCC3)CC[C@H]2NC(=O)N2CCC3(CC2)CC3)cc1. The van der Waals surface area contributed by atoms with Gasteiger partial charge in [-0.2, -0.15) is 0 Å². The van der Waals surface area contributed by atoms with Gasteiger partial charge in [0.15, 0.2) is 0 Å². The highest BCUT2D eigenvalue weighted by Gasteiger charge is 2.46. The molecule has 2 heterocycles. The number of urea groups is 1. The molecule has 1 spiro atoms. The first-order chi connectivity index (χ1) is 20.9. The Morgan fingerprint density at radius 2 is 1.56 bits per heavy atom. The Kier molecular flexibility index (Phi) is 9.60. The van der Waals surface area contributed by atoms with Crippen molar-refractivity contribution in [2.75, 3.05) is 26.2 Å². The molecule has 0 aromatic heterocycles. The second-order valence-electron chi connectivity index (χ2n) is 14.3. The molecule has 3 saturated carbocycles. The van der Waals surface area contributed by atoms with Crippen LogP contribution >= 0.6 is 0 Å². The summed E-state index contributed by atoms with van der Waals surface area (Å²) in [6.45, 7) is 5.08. The van der Waals surface area contributed by atoms with Crippen molar-refractivity contribution in [2.24, 2.45) is 17.3 Å². The number of piperidine rings is 2. The van der Waals surface area contributed by atoms with E-state index in [1.54, 1.807) is 0 Å². The number of amides is 4. The zero-order chi connectivity index (χ0) is 29.8. The summed E-state index contributed by atoms with van der Waals surface area (Å²) >= 11 is 0. The third-order valence-corrected chi connectivity index (χ3v) is 11.1. The molecule has 5 fully saturated rings. The van der Waals surface area contributed by atoms with Crippen molar-refractivity contribution in [3.05, 3.63) is 35.4 Å². The number of rotatable bonds is 10. The summed E-state index contributed by atoms with van der Waals surface area (Å²) in [5.74, 6) is 0.213. The van der Waals surface area contributed by atoms with Crippen molar-refractivity contribution >= 4 is 17.8 Å². The van der Waals surface area contributed by atoms with E-state index in [-0.39, 0.29) is 29.9 Å². The van der Waals surface area contributed by atoms with Crippen molar-refractivity contribution in [2.45, 2.75) is 121 Å². The van der Waals surface area contributed by atoms with Gasteiger partial charge in [0.2, 0.25) is 11.8 Å². The molecule has 3 atom stereocenters. The second-order valence-corrected chi connectivity index (χ2v) is 14.3.